The van der Waals surface area contributed by atoms with E-state index in [2.05, 4.69) is 11.1 Å². The molecule has 0 unspecified atom stereocenters. The van der Waals surface area contributed by atoms with Crippen LogP contribution < -0.4 is 9.47 Å². The summed E-state index contributed by atoms with van der Waals surface area (Å²) in [5.41, 5.74) is 3.06. The van der Waals surface area contributed by atoms with Gasteiger partial charge in [-0.15, -0.1) is 11.3 Å². The van der Waals surface area contributed by atoms with Gasteiger partial charge in [0.2, 0.25) is 0 Å². The molecule has 1 heterocycles. The van der Waals surface area contributed by atoms with Crippen molar-refractivity contribution in [3.8, 4) is 28.8 Å². The Morgan fingerprint density at radius 1 is 1.25 bits per heavy atom. The molecule has 4 nitrogen and oxygen atoms in total. The summed E-state index contributed by atoms with van der Waals surface area (Å²) < 4.78 is 11.2. The molecular formula is C22H19ClN2O2S. The second-order valence-electron chi connectivity index (χ2n) is 6.27. The Morgan fingerprint density at radius 2 is 2.00 bits per heavy atom. The van der Waals surface area contributed by atoms with Crippen molar-refractivity contribution in [2.45, 2.75) is 20.0 Å². The Morgan fingerprint density at radius 3 is 2.64 bits per heavy atom. The molecular weight excluding hydrogens is 392 g/mol. The van der Waals surface area contributed by atoms with Gasteiger partial charge in [-0.05, 0) is 37.6 Å². The summed E-state index contributed by atoms with van der Waals surface area (Å²) in [4.78, 5) is 4.61. The van der Waals surface area contributed by atoms with E-state index in [4.69, 9.17) is 21.1 Å². The van der Waals surface area contributed by atoms with Crippen molar-refractivity contribution in [1.82, 2.24) is 4.98 Å². The molecule has 0 N–H and O–H groups in total. The van der Waals surface area contributed by atoms with Crippen LogP contribution in [0.15, 0.2) is 47.8 Å². The standard InChI is InChI=1S/C22H19ClN2O2S/c1-14(2)27-21-18(23)10-15(11-20(21)26-3)9-17(12-24)22-25-19(13-28-22)16-7-5-4-6-8-16/h4-11,13-14H,1-3H3/b17-9+. The lowest BCUT2D eigenvalue weighted by Gasteiger charge is -2.15. The Balaban J connectivity index is 1.96. The van der Waals surface area contributed by atoms with E-state index < -0.39 is 0 Å². The number of hydrogen-bond donors (Lipinski definition) is 0. The zero-order valence-electron chi connectivity index (χ0n) is 15.8. The van der Waals surface area contributed by atoms with Crippen LogP contribution in [0, 0.1) is 11.3 Å². The van der Waals surface area contributed by atoms with E-state index in [1.54, 1.807) is 25.3 Å². The lowest BCUT2D eigenvalue weighted by molar-refractivity contribution is 0.230. The van der Waals surface area contributed by atoms with Gasteiger partial charge in [-0.1, -0.05) is 41.9 Å². The number of halogens is 1. The molecule has 0 aliphatic carbocycles. The number of benzene rings is 2. The number of nitriles is 1. The predicted molar refractivity (Wildman–Crippen MR) is 115 cm³/mol. The summed E-state index contributed by atoms with van der Waals surface area (Å²) >= 11 is 7.82. The summed E-state index contributed by atoms with van der Waals surface area (Å²) in [7, 11) is 1.56. The van der Waals surface area contributed by atoms with Crippen LogP contribution in [-0.2, 0) is 0 Å². The molecule has 142 valence electrons. The van der Waals surface area contributed by atoms with E-state index in [9.17, 15) is 5.26 Å². The molecule has 0 saturated carbocycles. The van der Waals surface area contributed by atoms with Crippen LogP contribution in [0.5, 0.6) is 11.5 Å². The zero-order valence-corrected chi connectivity index (χ0v) is 17.3. The monoisotopic (exact) mass is 410 g/mol. The molecule has 0 saturated heterocycles. The van der Waals surface area contributed by atoms with Gasteiger partial charge in [0.05, 0.1) is 29.5 Å². The highest BCUT2D eigenvalue weighted by atomic mass is 35.5. The van der Waals surface area contributed by atoms with Gasteiger partial charge < -0.3 is 9.47 Å². The average Bonchev–Trinajstić information content (AvgIpc) is 3.18. The molecule has 28 heavy (non-hydrogen) atoms. The summed E-state index contributed by atoms with van der Waals surface area (Å²) in [6.07, 6.45) is 1.72. The predicted octanol–water partition coefficient (Wildman–Crippen LogP) is 6.32. The molecule has 6 heteroatoms. The molecule has 3 aromatic rings. The first-order valence-corrected chi connectivity index (χ1v) is 9.95. The maximum atomic E-state index is 9.65. The maximum absolute atomic E-state index is 9.65. The number of allylic oxidation sites excluding steroid dienone is 1. The number of rotatable bonds is 6. The Kier molecular flexibility index (Phi) is 6.35. The fourth-order valence-electron chi connectivity index (χ4n) is 2.62. The van der Waals surface area contributed by atoms with Crippen molar-refractivity contribution in [1.29, 1.82) is 5.26 Å². The Labute approximate surface area is 173 Å². The van der Waals surface area contributed by atoms with Gasteiger partial charge in [0, 0.05) is 10.9 Å². The number of methoxy groups -OCH3 is 1. The molecule has 0 bridgehead atoms. The average molecular weight is 411 g/mol. The van der Waals surface area contributed by atoms with Crippen LogP contribution in [-0.4, -0.2) is 18.2 Å². The van der Waals surface area contributed by atoms with Crippen molar-refractivity contribution in [3.05, 3.63) is 63.4 Å². The number of hydrogen-bond acceptors (Lipinski definition) is 5. The Hall–Kier alpha value is -2.81. The van der Waals surface area contributed by atoms with E-state index in [0.717, 1.165) is 16.8 Å². The van der Waals surface area contributed by atoms with Crippen molar-refractivity contribution in [2.24, 2.45) is 0 Å². The molecule has 0 radical (unpaired) electrons. The molecule has 0 fully saturated rings. The number of thiazole rings is 1. The fraction of sp³-hybridized carbons (Fsp3) is 0.182. The summed E-state index contributed by atoms with van der Waals surface area (Å²) in [5.74, 6) is 1.02. The van der Waals surface area contributed by atoms with Gasteiger partial charge in [-0.3, -0.25) is 0 Å². The Bertz CT molecular complexity index is 1040. The fourth-order valence-corrected chi connectivity index (χ4v) is 3.68. The molecule has 0 amide bonds. The van der Waals surface area contributed by atoms with Crippen LogP contribution in [0.2, 0.25) is 5.02 Å². The number of ether oxygens (including phenoxy) is 2. The van der Waals surface area contributed by atoms with Crippen LogP contribution in [0.3, 0.4) is 0 Å². The highest BCUT2D eigenvalue weighted by Gasteiger charge is 2.14. The smallest absolute Gasteiger partial charge is 0.180 e. The molecule has 0 spiro atoms. The van der Waals surface area contributed by atoms with Gasteiger partial charge in [0.25, 0.3) is 0 Å². The minimum Gasteiger partial charge on any atom is -0.493 e. The van der Waals surface area contributed by atoms with Crippen LogP contribution in [0.1, 0.15) is 24.4 Å². The molecule has 3 rings (SSSR count). The first-order chi connectivity index (χ1) is 13.5. The lowest BCUT2D eigenvalue weighted by atomic mass is 10.1. The topological polar surface area (TPSA) is 55.1 Å². The minimum absolute atomic E-state index is 0.0332. The van der Waals surface area contributed by atoms with Gasteiger partial charge in [0.1, 0.15) is 11.1 Å². The first kappa shape index (κ1) is 19.9. The molecule has 2 aromatic carbocycles. The highest BCUT2D eigenvalue weighted by Crippen LogP contribution is 2.38. The van der Waals surface area contributed by atoms with Crippen molar-refractivity contribution in [3.63, 3.8) is 0 Å². The summed E-state index contributed by atoms with van der Waals surface area (Å²) in [6, 6.07) is 15.7. The second kappa shape index (κ2) is 8.92. The third-order valence-electron chi connectivity index (χ3n) is 3.84. The summed E-state index contributed by atoms with van der Waals surface area (Å²) in [5, 5.41) is 12.7. The molecule has 0 atom stereocenters. The van der Waals surface area contributed by atoms with Gasteiger partial charge in [-0.2, -0.15) is 5.26 Å². The maximum Gasteiger partial charge on any atom is 0.180 e. The molecule has 0 aliphatic rings. The SMILES string of the molecule is COc1cc(/C=C(\C#N)c2nc(-c3ccccc3)cs2)cc(Cl)c1OC(C)C. The van der Waals surface area contributed by atoms with E-state index in [0.29, 0.717) is 27.1 Å². The third-order valence-corrected chi connectivity index (χ3v) is 5.00. The van der Waals surface area contributed by atoms with Gasteiger partial charge >= 0.3 is 0 Å². The second-order valence-corrected chi connectivity index (χ2v) is 7.54. The molecule has 0 aliphatic heterocycles. The summed E-state index contributed by atoms with van der Waals surface area (Å²) in [6.45, 7) is 3.84. The largest absolute Gasteiger partial charge is 0.493 e. The minimum atomic E-state index is -0.0332. The normalized spacial score (nSPS) is 11.4. The third kappa shape index (κ3) is 4.53. The number of nitrogens with zero attached hydrogens (tertiary/aromatic N) is 2. The zero-order chi connectivity index (χ0) is 20.1. The van der Waals surface area contributed by atoms with Crippen molar-refractivity contribution < 1.29 is 9.47 Å². The van der Waals surface area contributed by atoms with E-state index in [1.165, 1.54) is 11.3 Å². The van der Waals surface area contributed by atoms with Crippen LogP contribution in [0.4, 0.5) is 0 Å². The quantitative estimate of drug-likeness (QED) is 0.446. The highest BCUT2D eigenvalue weighted by molar-refractivity contribution is 7.11. The van der Waals surface area contributed by atoms with E-state index in [1.807, 2.05) is 49.6 Å². The van der Waals surface area contributed by atoms with E-state index in [-0.39, 0.29) is 6.10 Å². The van der Waals surface area contributed by atoms with E-state index >= 15 is 0 Å². The van der Waals surface area contributed by atoms with Crippen LogP contribution in [0.25, 0.3) is 22.9 Å². The van der Waals surface area contributed by atoms with Crippen LogP contribution >= 0.6 is 22.9 Å². The van der Waals surface area contributed by atoms with Gasteiger partial charge in [-0.25, -0.2) is 4.98 Å². The first-order valence-electron chi connectivity index (χ1n) is 8.69. The number of aromatic nitrogens is 1. The van der Waals surface area contributed by atoms with Crippen molar-refractivity contribution >= 4 is 34.6 Å². The lowest BCUT2D eigenvalue weighted by Crippen LogP contribution is -2.07. The van der Waals surface area contributed by atoms with Gasteiger partial charge in [0.15, 0.2) is 11.5 Å². The molecule has 1 aromatic heterocycles. The van der Waals surface area contributed by atoms with Crippen molar-refractivity contribution in [2.75, 3.05) is 7.11 Å².